The van der Waals surface area contributed by atoms with Crippen LogP contribution in [0, 0.1) is 5.41 Å². The Morgan fingerprint density at radius 3 is 2.31 bits per heavy atom. The first kappa shape index (κ1) is 13.6. The van der Waals surface area contributed by atoms with Crippen molar-refractivity contribution in [2.75, 3.05) is 17.3 Å². The summed E-state index contributed by atoms with van der Waals surface area (Å²) in [6.07, 6.45) is 0.625. The third kappa shape index (κ3) is 10.5. The van der Waals surface area contributed by atoms with Crippen LogP contribution in [-0.4, -0.2) is 33.0 Å². The monoisotopic (exact) mass is 224 g/mol. The molecule has 0 aromatic carbocycles. The minimum atomic E-state index is -0.214. The van der Waals surface area contributed by atoms with Gasteiger partial charge in [-0.1, -0.05) is 20.8 Å². The molecule has 0 aliphatic heterocycles. The Kier molecular flexibility index (Phi) is 7.32. The van der Waals surface area contributed by atoms with E-state index in [4.69, 9.17) is 4.55 Å². The standard InChI is InChI=1S/C9H20O2S2/c1-9(2,3)6-8(10)7-12-4-5-13-11/h8,10-11H,4-7H2,1-3H3. The zero-order valence-electron chi connectivity index (χ0n) is 8.62. The second kappa shape index (κ2) is 6.98. The third-order valence-electron chi connectivity index (χ3n) is 1.48. The van der Waals surface area contributed by atoms with Crippen molar-refractivity contribution in [3.63, 3.8) is 0 Å². The Labute approximate surface area is 89.7 Å². The quantitative estimate of drug-likeness (QED) is 0.537. The summed E-state index contributed by atoms with van der Waals surface area (Å²) in [6.45, 7) is 6.39. The fraction of sp³-hybridized carbons (Fsp3) is 1.00. The summed E-state index contributed by atoms with van der Waals surface area (Å²) in [7, 11) is 0. The average molecular weight is 224 g/mol. The molecule has 0 saturated carbocycles. The Morgan fingerprint density at radius 2 is 1.85 bits per heavy atom. The second-order valence-corrected chi connectivity index (χ2v) is 6.14. The van der Waals surface area contributed by atoms with Gasteiger partial charge in [0.2, 0.25) is 0 Å². The Morgan fingerprint density at radius 1 is 1.23 bits per heavy atom. The van der Waals surface area contributed by atoms with Crippen molar-refractivity contribution in [2.45, 2.75) is 33.3 Å². The van der Waals surface area contributed by atoms with Crippen LogP contribution >= 0.6 is 23.8 Å². The van der Waals surface area contributed by atoms with E-state index in [-0.39, 0.29) is 11.5 Å². The molecule has 0 aromatic rings. The molecule has 0 saturated heterocycles. The number of thioether (sulfide) groups is 1. The van der Waals surface area contributed by atoms with E-state index in [0.717, 1.165) is 35.7 Å². The highest BCUT2D eigenvalue weighted by Crippen LogP contribution is 2.22. The lowest BCUT2D eigenvalue weighted by Crippen LogP contribution is -2.19. The molecular formula is C9H20O2S2. The maximum atomic E-state index is 9.59. The van der Waals surface area contributed by atoms with E-state index < -0.39 is 0 Å². The van der Waals surface area contributed by atoms with Crippen LogP contribution in [0.15, 0.2) is 0 Å². The number of hydrogen-bond donors (Lipinski definition) is 2. The number of aliphatic hydroxyl groups is 1. The molecule has 0 bridgehead atoms. The Hall–Kier alpha value is 0.620. The average Bonchev–Trinajstić information content (AvgIpc) is 1.94. The van der Waals surface area contributed by atoms with Crippen LogP contribution in [0.4, 0.5) is 0 Å². The van der Waals surface area contributed by atoms with Crippen molar-refractivity contribution in [3.8, 4) is 0 Å². The highest BCUT2D eigenvalue weighted by Gasteiger charge is 2.16. The summed E-state index contributed by atoms with van der Waals surface area (Å²) < 4.78 is 8.46. The van der Waals surface area contributed by atoms with Gasteiger partial charge < -0.3 is 9.66 Å². The molecule has 0 radical (unpaired) electrons. The topological polar surface area (TPSA) is 40.5 Å². The van der Waals surface area contributed by atoms with Crippen molar-refractivity contribution in [1.82, 2.24) is 0 Å². The fourth-order valence-corrected chi connectivity index (χ4v) is 2.41. The van der Waals surface area contributed by atoms with Crippen LogP contribution in [0.2, 0.25) is 0 Å². The molecule has 0 aromatic heterocycles. The molecule has 4 heteroatoms. The van der Waals surface area contributed by atoms with Gasteiger partial charge in [-0.2, -0.15) is 11.8 Å². The normalized spacial score (nSPS) is 14.5. The lowest BCUT2D eigenvalue weighted by atomic mass is 9.90. The molecule has 0 fully saturated rings. The minimum absolute atomic E-state index is 0.200. The molecule has 2 N–H and O–H groups in total. The summed E-state index contributed by atoms with van der Waals surface area (Å²) in [5, 5.41) is 9.59. The zero-order valence-corrected chi connectivity index (χ0v) is 10.2. The van der Waals surface area contributed by atoms with Gasteiger partial charge in [-0.3, -0.25) is 0 Å². The molecule has 0 heterocycles. The SMILES string of the molecule is CC(C)(C)CC(O)CSCCSO. The summed E-state index contributed by atoms with van der Waals surface area (Å²) in [5.74, 6) is 2.42. The lowest BCUT2D eigenvalue weighted by molar-refractivity contribution is 0.142. The van der Waals surface area contributed by atoms with E-state index in [1.165, 1.54) is 0 Å². The van der Waals surface area contributed by atoms with E-state index in [1.807, 2.05) is 0 Å². The summed E-state index contributed by atoms with van der Waals surface area (Å²) in [4.78, 5) is 0. The van der Waals surface area contributed by atoms with E-state index in [9.17, 15) is 5.11 Å². The summed E-state index contributed by atoms with van der Waals surface area (Å²) >= 11 is 2.56. The van der Waals surface area contributed by atoms with Gasteiger partial charge in [-0.05, 0) is 23.9 Å². The number of aliphatic hydroxyl groups excluding tert-OH is 1. The van der Waals surface area contributed by atoms with Gasteiger partial charge in [-0.15, -0.1) is 0 Å². The van der Waals surface area contributed by atoms with Crippen LogP contribution in [0.25, 0.3) is 0 Å². The van der Waals surface area contributed by atoms with Gasteiger partial charge in [0.05, 0.1) is 6.10 Å². The van der Waals surface area contributed by atoms with Crippen molar-refractivity contribution >= 4 is 23.8 Å². The molecule has 80 valence electrons. The third-order valence-corrected chi connectivity index (χ3v) is 3.24. The first-order valence-corrected chi connectivity index (χ1v) is 6.57. The molecule has 1 unspecified atom stereocenters. The van der Waals surface area contributed by atoms with Crippen LogP contribution < -0.4 is 0 Å². The molecule has 0 aliphatic carbocycles. The molecule has 1 atom stereocenters. The summed E-state index contributed by atoms with van der Waals surface area (Å²) in [5.41, 5.74) is 0.200. The number of rotatable bonds is 6. The van der Waals surface area contributed by atoms with Crippen molar-refractivity contribution < 1.29 is 9.66 Å². The Bertz CT molecular complexity index is 123. The molecule has 13 heavy (non-hydrogen) atoms. The lowest BCUT2D eigenvalue weighted by Gasteiger charge is -2.21. The predicted octanol–water partition coefficient (Wildman–Crippen LogP) is 2.72. The number of hydrogen-bond acceptors (Lipinski definition) is 4. The molecule has 0 aliphatic rings. The van der Waals surface area contributed by atoms with Gasteiger partial charge >= 0.3 is 0 Å². The van der Waals surface area contributed by atoms with E-state index in [0.29, 0.717) is 0 Å². The van der Waals surface area contributed by atoms with Gasteiger partial charge in [0, 0.05) is 17.3 Å². The van der Waals surface area contributed by atoms with Crippen molar-refractivity contribution in [2.24, 2.45) is 5.41 Å². The summed E-state index contributed by atoms with van der Waals surface area (Å²) in [6, 6.07) is 0. The Balaban J connectivity index is 3.35. The van der Waals surface area contributed by atoms with Crippen LogP contribution in [0.5, 0.6) is 0 Å². The van der Waals surface area contributed by atoms with E-state index >= 15 is 0 Å². The maximum absolute atomic E-state index is 9.59. The van der Waals surface area contributed by atoms with Gasteiger partial charge in [0.25, 0.3) is 0 Å². The molecule has 2 nitrogen and oxygen atoms in total. The molecule has 0 spiro atoms. The highest BCUT2D eigenvalue weighted by atomic mass is 32.2. The zero-order chi connectivity index (χ0) is 10.3. The van der Waals surface area contributed by atoms with Gasteiger partial charge in [0.15, 0.2) is 0 Å². The smallest absolute Gasteiger partial charge is 0.0635 e. The van der Waals surface area contributed by atoms with Crippen molar-refractivity contribution in [3.05, 3.63) is 0 Å². The molecule has 0 rings (SSSR count). The van der Waals surface area contributed by atoms with E-state index in [2.05, 4.69) is 20.8 Å². The van der Waals surface area contributed by atoms with E-state index in [1.54, 1.807) is 11.8 Å². The molecule has 0 amide bonds. The molecular weight excluding hydrogens is 204 g/mol. The van der Waals surface area contributed by atoms with Crippen LogP contribution in [0.1, 0.15) is 27.2 Å². The largest absolute Gasteiger partial charge is 0.392 e. The van der Waals surface area contributed by atoms with Gasteiger partial charge in [-0.25, -0.2) is 0 Å². The minimum Gasteiger partial charge on any atom is -0.392 e. The highest BCUT2D eigenvalue weighted by molar-refractivity contribution is 8.01. The maximum Gasteiger partial charge on any atom is 0.0635 e. The second-order valence-electron chi connectivity index (χ2n) is 4.33. The van der Waals surface area contributed by atoms with Crippen LogP contribution in [-0.2, 0) is 0 Å². The predicted molar refractivity (Wildman–Crippen MR) is 62.5 cm³/mol. The van der Waals surface area contributed by atoms with Gasteiger partial charge in [0.1, 0.15) is 0 Å². The van der Waals surface area contributed by atoms with Crippen molar-refractivity contribution in [1.29, 1.82) is 0 Å². The first-order chi connectivity index (χ1) is 5.95. The first-order valence-electron chi connectivity index (χ1n) is 4.48. The van der Waals surface area contributed by atoms with Crippen LogP contribution in [0.3, 0.4) is 0 Å². The fourth-order valence-electron chi connectivity index (χ4n) is 1.08.